The highest BCUT2D eigenvalue weighted by Crippen LogP contribution is 2.19. The summed E-state index contributed by atoms with van der Waals surface area (Å²) in [5.41, 5.74) is 0.775. The Bertz CT molecular complexity index is 805. The Hall–Kier alpha value is -3.42. The Morgan fingerprint density at radius 3 is 2.42 bits per heavy atom. The number of hydrogen-bond donors (Lipinski definition) is 1. The topological polar surface area (TPSA) is 102 Å². The molecule has 0 bridgehead atoms. The summed E-state index contributed by atoms with van der Waals surface area (Å²) in [6, 6.07) is 12.8. The van der Waals surface area contributed by atoms with Crippen LogP contribution in [0.2, 0.25) is 0 Å². The minimum atomic E-state index is -0.529. The zero-order valence-corrected chi connectivity index (χ0v) is 14.5. The lowest BCUT2D eigenvalue weighted by Gasteiger charge is -2.17. The number of benzene rings is 2. The summed E-state index contributed by atoms with van der Waals surface area (Å²) >= 11 is 0. The number of carbonyl (C=O) groups is 2. The monoisotopic (exact) mass is 357 g/mol. The summed E-state index contributed by atoms with van der Waals surface area (Å²) in [4.78, 5) is 36.0. The lowest BCUT2D eigenvalue weighted by Crippen LogP contribution is -2.35. The van der Waals surface area contributed by atoms with Crippen molar-refractivity contribution in [1.29, 1.82) is 0 Å². The highest BCUT2D eigenvalue weighted by molar-refractivity contribution is 5.94. The molecule has 8 nitrogen and oxygen atoms in total. The van der Waals surface area contributed by atoms with Crippen LogP contribution in [0.25, 0.3) is 0 Å². The minimum absolute atomic E-state index is 0.114. The van der Waals surface area contributed by atoms with Gasteiger partial charge in [0.1, 0.15) is 5.75 Å². The van der Waals surface area contributed by atoms with E-state index in [0.717, 1.165) is 0 Å². The molecule has 0 unspecified atom stereocenters. The van der Waals surface area contributed by atoms with Gasteiger partial charge in [0.2, 0.25) is 11.8 Å². The number of nitrogens with one attached hydrogen (secondary N) is 1. The van der Waals surface area contributed by atoms with Gasteiger partial charge in [-0.15, -0.1) is 0 Å². The van der Waals surface area contributed by atoms with E-state index in [1.54, 1.807) is 37.4 Å². The van der Waals surface area contributed by atoms with Gasteiger partial charge in [0.05, 0.1) is 25.0 Å². The molecule has 0 aliphatic heterocycles. The first kappa shape index (κ1) is 18.9. The summed E-state index contributed by atoms with van der Waals surface area (Å²) < 4.78 is 5.04. The van der Waals surface area contributed by atoms with E-state index < -0.39 is 4.92 Å². The Labute approximate surface area is 150 Å². The average Bonchev–Trinajstić information content (AvgIpc) is 2.62. The molecule has 0 aromatic heterocycles. The smallest absolute Gasteiger partial charge is 0.273 e. The van der Waals surface area contributed by atoms with E-state index in [4.69, 9.17) is 4.74 Å². The molecule has 2 amide bonds. The van der Waals surface area contributed by atoms with E-state index in [2.05, 4.69) is 5.32 Å². The molecule has 136 valence electrons. The number of methoxy groups -OCH3 is 1. The molecule has 2 aromatic rings. The van der Waals surface area contributed by atoms with Crippen LogP contribution in [-0.2, 0) is 16.0 Å². The van der Waals surface area contributed by atoms with Crippen LogP contribution >= 0.6 is 0 Å². The molecule has 2 rings (SSSR count). The summed E-state index contributed by atoms with van der Waals surface area (Å²) in [6.45, 7) is -0.161. The van der Waals surface area contributed by atoms with E-state index in [1.165, 1.54) is 30.1 Å². The van der Waals surface area contributed by atoms with Crippen molar-refractivity contribution in [3.8, 4) is 5.75 Å². The first-order valence-electron chi connectivity index (χ1n) is 7.81. The maximum atomic E-state index is 12.3. The predicted octanol–water partition coefficient (Wildman–Crippen LogP) is 2.24. The summed E-state index contributed by atoms with van der Waals surface area (Å²) in [6.07, 6.45) is -0.149. The third-order valence-electron chi connectivity index (χ3n) is 3.71. The SMILES string of the molecule is COc1ccc(NC(=O)CN(C)C(=O)Cc2ccccc2[N+](=O)[O-])cc1. The second kappa shape index (κ2) is 8.61. The third-order valence-corrected chi connectivity index (χ3v) is 3.71. The maximum Gasteiger partial charge on any atom is 0.273 e. The van der Waals surface area contributed by atoms with Crippen molar-refractivity contribution in [2.75, 3.05) is 26.0 Å². The number of nitro benzene ring substituents is 1. The summed E-state index contributed by atoms with van der Waals surface area (Å²) in [7, 11) is 3.02. The van der Waals surface area contributed by atoms with Crippen LogP contribution in [0.1, 0.15) is 5.56 Å². The van der Waals surface area contributed by atoms with Crippen LogP contribution in [0, 0.1) is 10.1 Å². The van der Waals surface area contributed by atoms with Gasteiger partial charge in [0.15, 0.2) is 0 Å². The van der Waals surface area contributed by atoms with Crippen molar-refractivity contribution in [2.24, 2.45) is 0 Å². The fraction of sp³-hybridized carbons (Fsp3) is 0.222. The van der Waals surface area contributed by atoms with E-state index >= 15 is 0 Å². The van der Waals surface area contributed by atoms with Gasteiger partial charge in [0, 0.05) is 24.4 Å². The normalized spacial score (nSPS) is 10.1. The van der Waals surface area contributed by atoms with Crippen LogP contribution in [-0.4, -0.2) is 42.3 Å². The fourth-order valence-corrected chi connectivity index (χ4v) is 2.31. The molecule has 0 heterocycles. The quantitative estimate of drug-likeness (QED) is 0.605. The predicted molar refractivity (Wildman–Crippen MR) is 96.1 cm³/mol. The van der Waals surface area contributed by atoms with Crippen LogP contribution in [0.3, 0.4) is 0 Å². The van der Waals surface area contributed by atoms with Crippen molar-refractivity contribution in [2.45, 2.75) is 6.42 Å². The van der Waals surface area contributed by atoms with Gasteiger partial charge in [0.25, 0.3) is 5.69 Å². The Morgan fingerprint density at radius 2 is 1.81 bits per heavy atom. The summed E-state index contributed by atoms with van der Waals surface area (Å²) in [5.74, 6) is -0.0856. The fourth-order valence-electron chi connectivity index (χ4n) is 2.31. The second-order valence-electron chi connectivity index (χ2n) is 5.59. The molecule has 26 heavy (non-hydrogen) atoms. The average molecular weight is 357 g/mol. The van der Waals surface area contributed by atoms with Crippen LogP contribution < -0.4 is 10.1 Å². The molecular weight excluding hydrogens is 338 g/mol. The number of hydrogen-bond acceptors (Lipinski definition) is 5. The van der Waals surface area contributed by atoms with Gasteiger partial charge in [-0.2, -0.15) is 0 Å². The van der Waals surface area contributed by atoms with Gasteiger partial charge in [-0.1, -0.05) is 18.2 Å². The lowest BCUT2D eigenvalue weighted by molar-refractivity contribution is -0.385. The van der Waals surface area contributed by atoms with Gasteiger partial charge >= 0.3 is 0 Å². The van der Waals surface area contributed by atoms with Crippen molar-refractivity contribution in [3.05, 3.63) is 64.2 Å². The minimum Gasteiger partial charge on any atom is -0.497 e. The number of rotatable bonds is 7. The number of anilines is 1. The maximum absolute atomic E-state index is 12.3. The van der Waals surface area contributed by atoms with Gasteiger partial charge in [-0.05, 0) is 24.3 Å². The van der Waals surface area contributed by atoms with Crippen molar-refractivity contribution in [1.82, 2.24) is 4.90 Å². The number of nitrogens with zero attached hydrogens (tertiary/aromatic N) is 2. The Kier molecular flexibility index (Phi) is 6.26. The van der Waals surface area contributed by atoms with Crippen molar-refractivity contribution < 1.29 is 19.2 Å². The molecule has 0 aliphatic carbocycles. The first-order valence-corrected chi connectivity index (χ1v) is 7.81. The first-order chi connectivity index (χ1) is 12.4. The molecule has 0 atom stereocenters. The number of para-hydroxylation sites is 1. The summed E-state index contributed by atoms with van der Waals surface area (Å²) in [5, 5.41) is 13.7. The van der Waals surface area contributed by atoms with Gasteiger partial charge < -0.3 is 15.0 Å². The molecule has 0 radical (unpaired) electrons. The van der Waals surface area contributed by atoms with Crippen molar-refractivity contribution in [3.63, 3.8) is 0 Å². The molecule has 0 saturated carbocycles. The molecule has 0 aliphatic rings. The molecule has 8 heteroatoms. The van der Waals surface area contributed by atoms with Crippen LogP contribution in [0.15, 0.2) is 48.5 Å². The van der Waals surface area contributed by atoms with E-state index in [1.807, 2.05) is 0 Å². The third kappa shape index (κ3) is 5.04. The number of ether oxygens (including phenoxy) is 1. The van der Waals surface area contributed by atoms with E-state index in [9.17, 15) is 19.7 Å². The number of amides is 2. The van der Waals surface area contributed by atoms with Gasteiger partial charge in [-0.3, -0.25) is 19.7 Å². The molecule has 0 fully saturated rings. The van der Waals surface area contributed by atoms with Crippen LogP contribution in [0.5, 0.6) is 5.75 Å². The molecule has 2 aromatic carbocycles. The molecule has 0 saturated heterocycles. The van der Waals surface area contributed by atoms with Gasteiger partial charge in [-0.25, -0.2) is 0 Å². The van der Waals surface area contributed by atoms with Crippen LogP contribution in [0.4, 0.5) is 11.4 Å². The number of nitro groups is 1. The molecule has 1 N–H and O–H groups in total. The highest BCUT2D eigenvalue weighted by Gasteiger charge is 2.19. The zero-order valence-electron chi connectivity index (χ0n) is 14.5. The standard InChI is InChI=1S/C18H19N3O5/c1-20(12-17(22)19-14-7-9-15(26-2)10-8-14)18(23)11-13-5-3-4-6-16(13)21(24)25/h3-10H,11-12H2,1-2H3,(H,19,22). The number of likely N-dealkylation sites (N-methyl/N-ethyl adjacent to an activating group) is 1. The highest BCUT2D eigenvalue weighted by atomic mass is 16.6. The van der Waals surface area contributed by atoms with Crippen molar-refractivity contribution >= 4 is 23.2 Å². The largest absolute Gasteiger partial charge is 0.497 e. The Morgan fingerprint density at radius 1 is 1.15 bits per heavy atom. The molecule has 0 spiro atoms. The van der Waals surface area contributed by atoms with E-state index in [0.29, 0.717) is 17.0 Å². The second-order valence-corrected chi connectivity index (χ2v) is 5.59. The lowest BCUT2D eigenvalue weighted by atomic mass is 10.1. The molecular formula is C18H19N3O5. The zero-order chi connectivity index (χ0) is 19.1. The number of carbonyl (C=O) groups excluding carboxylic acids is 2. The Balaban J connectivity index is 1.94. The van der Waals surface area contributed by atoms with E-state index in [-0.39, 0.29) is 30.5 Å².